The quantitative estimate of drug-likeness (QED) is 0.875. The Balaban J connectivity index is 2.63. The van der Waals surface area contributed by atoms with Gasteiger partial charge < -0.3 is 15.8 Å². The van der Waals surface area contributed by atoms with Crippen molar-refractivity contribution in [3.05, 3.63) is 28.2 Å². The average molecular weight is 315 g/mol. The van der Waals surface area contributed by atoms with Gasteiger partial charge in [-0.15, -0.1) is 0 Å². The van der Waals surface area contributed by atoms with Crippen LogP contribution in [0.3, 0.4) is 0 Å². The zero-order chi connectivity index (χ0) is 13.8. The molecule has 5 heteroatoms. The standard InChI is InChI=1S/C13H19BrN2O2/c1-13(2,15)7-12(17)16-8-9-6-10(14)4-5-11(9)18-3/h4-6H,7-8,15H2,1-3H3,(H,16,17). The number of carbonyl (C=O) groups is 1. The molecule has 0 atom stereocenters. The van der Waals surface area contributed by atoms with Gasteiger partial charge in [0.15, 0.2) is 0 Å². The zero-order valence-corrected chi connectivity index (χ0v) is 12.5. The molecule has 3 N–H and O–H groups in total. The van der Waals surface area contributed by atoms with Crippen LogP contribution >= 0.6 is 15.9 Å². The molecule has 1 amide bonds. The lowest BCUT2D eigenvalue weighted by molar-refractivity contribution is -0.122. The van der Waals surface area contributed by atoms with E-state index < -0.39 is 5.54 Å². The third-order valence-electron chi connectivity index (χ3n) is 2.33. The van der Waals surface area contributed by atoms with Gasteiger partial charge in [0.1, 0.15) is 5.75 Å². The Morgan fingerprint density at radius 1 is 1.50 bits per heavy atom. The van der Waals surface area contributed by atoms with Crippen LogP contribution in [0, 0.1) is 0 Å². The van der Waals surface area contributed by atoms with Gasteiger partial charge >= 0.3 is 0 Å². The minimum absolute atomic E-state index is 0.0653. The van der Waals surface area contributed by atoms with E-state index >= 15 is 0 Å². The van der Waals surface area contributed by atoms with Crippen LogP contribution in [0.4, 0.5) is 0 Å². The van der Waals surface area contributed by atoms with Crippen molar-refractivity contribution in [2.24, 2.45) is 5.73 Å². The first-order valence-corrected chi connectivity index (χ1v) is 6.49. The smallest absolute Gasteiger partial charge is 0.222 e. The number of hydrogen-bond donors (Lipinski definition) is 2. The van der Waals surface area contributed by atoms with Crippen LogP contribution < -0.4 is 15.8 Å². The molecule has 0 unspecified atom stereocenters. The molecule has 18 heavy (non-hydrogen) atoms. The molecular formula is C13H19BrN2O2. The average Bonchev–Trinajstić information content (AvgIpc) is 2.24. The van der Waals surface area contributed by atoms with Crippen LogP contribution in [0.1, 0.15) is 25.8 Å². The maximum absolute atomic E-state index is 11.7. The molecule has 0 saturated carbocycles. The number of amides is 1. The van der Waals surface area contributed by atoms with Crippen molar-refractivity contribution in [2.75, 3.05) is 7.11 Å². The second kappa shape index (κ2) is 6.20. The number of carbonyl (C=O) groups excluding carboxylic acids is 1. The van der Waals surface area contributed by atoms with Gasteiger partial charge in [-0.1, -0.05) is 15.9 Å². The van der Waals surface area contributed by atoms with Crippen molar-refractivity contribution in [3.8, 4) is 5.75 Å². The van der Waals surface area contributed by atoms with Crippen LogP contribution in [0.25, 0.3) is 0 Å². The molecule has 1 aromatic rings. The van der Waals surface area contributed by atoms with Crippen molar-refractivity contribution < 1.29 is 9.53 Å². The van der Waals surface area contributed by atoms with Crippen molar-refractivity contribution in [3.63, 3.8) is 0 Å². The first-order valence-electron chi connectivity index (χ1n) is 5.70. The monoisotopic (exact) mass is 314 g/mol. The summed E-state index contributed by atoms with van der Waals surface area (Å²) in [6.45, 7) is 4.08. The molecule has 100 valence electrons. The summed E-state index contributed by atoms with van der Waals surface area (Å²) >= 11 is 3.39. The normalized spacial score (nSPS) is 11.2. The van der Waals surface area contributed by atoms with E-state index in [2.05, 4.69) is 21.2 Å². The van der Waals surface area contributed by atoms with Crippen molar-refractivity contribution in [2.45, 2.75) is 32.4 Å². The lowest BCUT2D eigenvalue weighted by atomic mass is 10.0. The molecule has 0 fully saturated rings. The Hall–Kier alpha value is -1.07. The number of methoxy groups -OCH3 is 1. The predicted octanol–water partition coefficient (Wildman–Crippen LogP) is 2.20. The highest BCUT2D eigenvalue weighted by Gasteiger charge is 2.16. The van der Waals surface area contributed by atoms with Gasteiger partial charge in [-0.3, -0.25) is 4.79 Å². The van der Waals surface area contributed by atoms with E-state index in [0.717, 1.165) is 15.8 Å². The molecule has 0 heterocycles. The summed E-state index contributed by atoms with van der Waals surface area (Å²) in [5.74, 6) is 0.690. The Labute approximate surface area is 116 Å². The van der Waals surface area contributed by atoms with E-state index in [9.17, 15) is 4.79 Å². The highest BCUT2D eigenvalue weighted by Crippen LogP contribution is 2.22. The van der Waals surface area contributed by atoms with Gasteiger partial charge in [-0.05, 0) is 32.0 Å². The molecule has 0 saturated heterocycles. The summed E-state index contributed by atoms with van der Waals surface area (Å²) < 4.78 is 6.19. The second-order valence-electron chi connectivity index (χ2n) is 4.90. The van der Waals surface area contributed by atoms with Crippen LogP contribution in [-0.2, 0) is 11.3 Å². The van der Waals surface area contributed by atoms with Gasteiger partial charge in [-0.2, -0.15) is 0 Å². The largest absolute Gasteiger partial charge is 0.496 e. The number of rotatable bonds is 5. The molecule has 0 spiro atoms. The molecule has 4 nitrogen and oxygen atoms in total. The summed E-state index contributed by atoms with van der Waals surface area (Å²) in [5, 5.41) is 2.84. The number of hydrogen-bond acceptors (Lipinski definition) is 3. The number of nitrogens with one attached hydrogen (secondary N) is 1. The number of benzene rings is 1. The number of nitrogens with two attached hydrogens (primary N) is 1. The summed E-state index contributed by atoms with van der Waals surface area (Å²) in [6.07, 6.45) is 0.295. The maximum atomic E-state index is 11.7. The van der Waals surface area contributed by atoms with E-state index in [0.29, 0.717) is 13.0 Å². The zero-order valence-electron chi connectivity index (χ0n) is 10.9. The van der Waals surface area contributed by atoms with Crippen LogP contribution in [-0.4, -0.2) is 18.6 Å². The number of halogens is 1. The fourth-order valence-corrected chi connectivity index (χ4v) is 1.96. The molecule has 0 aliphatic carbocycles. The molecule has 0 aromatic heterocycles. The van der Waals surface area contributed by atoms with Crippen LogP contribution in [0.15, 0.2) is 22.7 Å². The topological polar surface area (TPSA) is 64.3 Å². The van der Waals surface area contributed by atoms with Crippen LogP contribution in [0.2, 0.25) is 0 Å². The van der Waals surface area contributed by atoms with Crippen molar-refractivity contribution in [1.82, 2.24) is 5.32 Å². The SMILES string of the molecule is COc1ccc(Br)cc1CNC(=O)CC(C)(C)N. The number of ether oxygens (including phenoxy) is 1. The summed E-state index contributed by atoms with van der Waals surface area (Å²) in [6, 6.07) is 5.68. The van der Waals surface area contributed by atoms with Gasteiger partial charge in [0.25, 0.3) is 0 Å². The third-order valence-corrected chi connectivity index (χ3v) is 2.83. The van der Waals surface area contributed by atoms with Crippen molar-refractivity contribution in [1.29, 1.82) is 0 Å². The Kier molecular flexibility index (Phi) is 5.16. The lowest BCUT2D eigenvalue weighted by Gasteiger charge is -2.18. The fourth-order valence-electron chi connectivity index (χ4n) is 1.56. The van der Waals surface area contributed by atoms with E-state index in [4.69, 9.17) is 10.5 Å². The molecule has 0 bridgehead atoms. The Bertz CT molecular complexity index is 427. The van der Waals surface area contributed by atoms with E-state index in [-0.39, 0.29) is 5.91 Å². The maximum Gasteiger partial charge on any atom is 0.222 e. The fraction of sp³-hybridized carbons (Fsp3) is 0.462. The summed E-state index contributed by atoms with van der Waals surface area (Å²) in [4.78, 5) is 11.7. The highest BCUT2D eigenvalue weighted by molar-refractivity contribution is 9.10. The van der Waals surface area contributed by atoms with Gasteiger partial charge in [0.05, 0.1) is 7.11 Å². The third kappa shape index (κ3) is 5.06. The van der Waals surface area contributed by atoms with Gasteiger partial charge in [0, 0.05) is 28.5 Å². The van der Waals surface area contributed by atoms with E-state index in [1.165, 1.54) is 0 Å². The molecule has 0 aliphatic rings. The van der Waals surface area contributed by atoms with E-state index in [1.807, 2.05) is 32.0 Å². The minimum Gasteiger partial charge on any atom is -0.496 e. The molecule has 1 rings (SSSR count). The molecule has 1 aromatic carbocycles. The Morgan fingerprint density at radius 2 is 2.17 bits per heavy atom. The molecular weight excluding hydrogens is 296 g/mol. The second-order valence-corrected chi connectivity index (χ2v) is 5.81. The minimum atomic E-state index is -0.495. The van der Waals surface area contributed by atoms with Gasteiger partial charge in [-0.25, -0.2) is 0 Å². The van der Waals surface area contributed by atoms with Crippen LogP contribution in [0.5, 0.6) is 5.75 Å². The van der Waals surface area contributed by atoms with Gasteiger partial charge in [0.2, 0.25) is 5.91 Å². The highest BCUT2D eigenvalue weighted by atomic mass is 79.9. The lowest BCUT2D eigenvalue weighted by Crippen LogP contribution is -2.38. The predicted molar refractivity (Wildman–Crippen MR) is 75.4 cm³/mol. The van der Waals surface area contributed by atoms with Crippen molar-refractivity contribution >= 4 is 21.8 Å². The first-order chi connectivity index (χ1) is 8.31. The Morgan fingerprint density at radius 3 is 2.72 bits per heavy atom. The molecule has 0 aliphatic heterocycles. The molecule has 0 radical (unpaired) electrons. The summed E-state index contributed by atoms with van der Waals surface area (Å²) in [5.41, 5.74) is 6.22. The summed E-state index contributed by atoms with van der Waals surface area (Å²) in [7, 11) is 1.61. The first kappa shape index (κ1) is 15.0. The van der Waals surface area contributed by atoms with E-state index in [1.54, 1.807) is 7.11 Å².